The Labute approximate surface area is 97.2 Å². The second kappa shape index (κ2) is 4.87. The number of phenols is 1. The van der Waals surface area contributed by atoms with Crippen molar-refractivity contribution in [3.63, 3.8) is 0 Å². The molecule has 4 nitrogen and oxygen atoms in total. The first-order valence-corrected chi connectivity index (χ1v) is 5.19. The number of nitrogens with two attached hydrogens (primary N) is 1. The van der Waals surface area contributed by atoms with Crippen LogP contribution in [0.2, 0.25) is 0 Å². The quantitative estimate of drug-likeness (QED) is 0.700. The lowest BCUT2D eigenvalue weighted by atomic mass is 10.0. The molecule has 4 N–H and O–H groups in total. The van der Waals surface area contributed by atoms with Gasteiger partial charge in [-0.05, 0) is 23.6 Å². The average molecular weight is 237 g/mol. The molecular weight excluding hydrogens is 226 g/mol. The lowest BCUT2D eigenvalue weighted by molar-refractivity contribution is 0.0693. The molecule has 0 saturated heterocycles. The van der Waals surface area contributed by atoms with Crippen LogP contribution in [0.15, 0.2) is 24.1 Å². The van der Waals surface area contributed by atoms with Crippen LogP contribution in [-0.2, 0) is 0 Å². The van der Waals surface area contributed by atoms with Crippen LogP contribution in [0.4, 0.5) is 0 Å². The van der Waals surface area contributed by atoms with E-state index in [-0.39, 0.29) is 11.3 Å². The normalized spacial score (nSPS) is 9.81. The first-order valence-electron chi connectivity index (χ1n) is 4.31. The van der Waals surface area contributed by atoms with Gasteiger partial charge in [-0.25, -0.2) is 4.79 Å². The molecule has 0 amide bonds. The van der Waals surface area contributed by atoms with E-state index in [1.54, 1.807) is 0 Å². The van der Waals surface area contributed by atoms with Gasteiger partial charge in [-0.1, -0.05) is 25.3 Å². The third-order valence-corrected chi connectivity index (χ3v) is 2.70. The number of aromatic carboxylic acids is 1. The van der Waals surface area contributed by atoms with E-state index in [1.165, 1.54) is 18.2 Å². The molecule has 1 rings (SSSR count). The van der Waals surface area contributed by atoms with Crippen molar-refractivity contribution in [2.75, 3.05) is 0 Å². The Kier molecular flexibility index (Phi) is 3.76. The summed E-state index contributed by atoms with van der Waals surface area (Å²) in [6.07, 6.45) is 2.87. The van der Waals surface area contributed by atoms with Crippen molar-refractivity contribution < 1.29 is 15.0 Å². The van der Waals surface area contributed by atoms with E-state index in [4.69, 9.17) is 10.2 Å². The summed E-state index contributed by atoms with van der Waals surface area (Å²) in [5.41, 5.74) is 0.696. The van der Waals surface area contributed by atoms with Crippen molar-refractivity contribution in [3.05, 3.63) is 35.9 Å². The minimum Gasteiger partial charge on any atom is -0.506 e. The van der Waals surface area contributed by atoms with Crippen molar-refractivity contribution in [3.8, 4) is 5.75 Å². The third kappa shape index (κ3) is 1.95. The molecule has 0 spiro atoms. The zero-order valence-corrected chi connectivity index (χ0v) is 9.25. The van der Waals surface area contributed by atoms with Crippen LogP contribution in [0.1, 0.15) is 21.5 Å². The van der Waals surface area contributed by atoms with Crippen molar-refractivity contribution in [1.29, 1.82) is 0 Å². The van der Waals surface area contributed by atoms with Gasteiger partial charge in [0.15, 0.2) is 0 Å². The lowest BCUT2D eigenvalue weighted by Gasteiger charge is -2.11. The second-order valence-electron chi connectivity index (χ2n) is 2.93. The Hall–Kier alpha value is -1.72. The highest BCUT2D eigenvalue weighted by Gasteiger charge is 2.18. The lowest BCUT2D eigenvalue weighted by Crippen LogP contribution is -2.01. The molecule has 84 valence electrons. The number of benzene rings is 1. The summed E-state index contributed by atoms with van der Waals surface area (Å²) >= 11 is 0.896. The zero-order chi connectivity index (χ0) is 12.3. The highest BCUT2D eigenvalue weighted by Crippen LogP contribution is 2.34. The van der Waals surface area contributed by atoms with Crippen molar-refractivity contribution in [2.45, 2.75) is 4.90 Å². The van der Waals surface area contributed by atoms with Gasteiger partial charge in [0.05, 0.1) is 0 Å². The highest BCUT2D eigenvalue weighted by atomic mass is 32.2. The van der Waals surface area contributed by atoms with Crippen LogP contribution in [0.3, 0.4) is 0 Å². The fourth-order valence-electron chi connectivity index (χ4n) is 1.36. The Bertz CT molecular complexity index is 469. The molecule has 0 bridgehead atoms. The summed E-state index contributed by atoms with van der Waals surface area (Å²) in [6.45, 7) is 7.11. The van der Waals surface area contributed by atoms with Crippen LogP contribution in [-0.4, -0.2) is 16.2 Å². The van der Waals surface area contributed by atoms with E-state index in [0.717, 1.165) is 11.9 Å². The molecule has 0 radical (unpaired) electrons. The smallest absolute Gasteiger partial charge is 0.339 e. The van der Waals surface area contributed by atoms with Gasteiger partial charge in [-0.2, -0.15) is 0 Å². The summed E-state index contributed by atoms with van der Waals surface area (Å²) in [7, 11) is 0. The maximum absolute atomic E-state index is 10.9. The number of hydrogen-bond donors (Lipinski definition) is 3. The number of rotatable bonds is 4. The van der Waals surface area contributed by atoms with E-state index < -0.39 is 5.97 Å². The van der Waals surface area contributed by atoms with E-state index in [0.29, 0.717) is 16.0 Å². The number of hydrogen-bond acceptors (Lipinski definition) is 4. The highest BCUT2D eigenvalue weighted by molar-refractivity contribution is 7.97. The van der Waals surface area contributed by atoms with E-state index >= 15 is 0 Å². The van der Waals surface area contributed by atoms with Gasteiger partial charge >= 0.3 is 5.97 Å². The van der Waals surface area contributed by atoms with Gasteiger partial charge in [0.2, 0.25) is 0 Å². The summed E-state index contributed by atoms with van der Waals surface area (Å²) in [5.74, 6) is -1.54. The molecule has 0 aliphatic carbocycles. The number of carboxylic acid groups (broad SMARTS) is 1. The number of aromatic hydroxyl groups is 1. The number of carbonyl (C=O) groups is 1. The van der Waals surface area contributed by atoms with Gasteiger partial charge in [0.1, 0.15) is 11.3 Å². The summed E-state index contributed by atoms with van der Waals surface area (Å²) in [6, 6.07) is 1.31. The van der Waals surface area contributed by atoms with Crippen molar-refractivity contribution >= 4 is 30.1 Å². The Balaban J connectivity index is 3.67. The standard InChI is InChI=1S/C11H11NO3S/c1-3-6-7(4-2)10(13)8(11(14)15)5-9(6)16-12/h3-5,13H,1-2,12H2,(H,14,15). The fraction of sp³-hybridized carbons (Fsp3) is 0. The topological polar surface area (TPSA) is 83.6 Å². The molecule has 0 atom stereocenters. The second-order valence-corrected chi connectivity index (χ2v) is 3.61. The molecule has 0 aliphatic heterocycles. The van der Waals surface area contributed by atoms with E-state index in [1.807, 2.05) is 0 Å². The fourth-order valence-corrected chi connectivity index (χ4v) is 1.87. The molecule has 0 aromatic heterocycles. The molecule has 0 fully saturated rings. The summed E-state index contributed by atoms with van der Waals surface area (Å²) in [4.78, 5) is 11.4. The first-order chi connectivity index (χ1) is 7.56. The predicted octanol–water partition coefficient (Wildman–Crippen LogP) is 2.34. The van der Waals surface area contributed by atoms with Gasteiger partial charge < -0.3 is 10.2 Å². The largest absolute Gasteiger partial charge is 0.506 e. The maximum atomic E-state index is 10.9. The molecule has 0 aliphatic rings. The minimum absolute atomic E-state index is 0.201. The van der Waals surface area contributed by atoms with Crippen LogP contribution in [0, 0.1) is 0 Å². The Morgan fingerprint density at radius 2 is 1.94 bits per heavy atom. The van der Waals surface area contributed by atoms with E-state index in [2.05, 4.69) is 13.2 Å². The molecule has 0 saturated carbocycles. The molecule has 0 unspecified atom stereocenters. The SMILES string of the molecule is C=Cc1c(SN)cc(C(=O)O)c(O)c1C=C. The van der Waals surface area contributed by atoms with Gasteiger partial charge in [0.25, 0.3) is 0 Å². The molecule has 5 heteroatoms. The van der Waals surface area contributed by atoms with Gasteiger partial charge in [-0.3, -0.25) is 5.14 Å². The van der Waals surface area contributed by atoms with Gasteiger partial charge in [-0.15, -0.1) is 0 Å². The van der Waals surface area contributed by atoms with Crippen LogP contribution in [0.25, 0.3) is 12.2 Å². The molecule has 16 heavy (non-hydrogen) atoms. The van der Waals surface area contributed by atoms with Crippen LogP contribution < -0.4 is 5.14 Å². The van der Waals surface area contributed by atoms with Crippen LogP contribution >= 0.6 is 11.9 Å². The third-order valence-electron chi connectivity index (χ3n) is 2.11. The first kappa shape index (κ1) is 12.4. The summed E-state index contributed by atoms with van der Waals surface area (Å²) < 4.78 is 0. The monoisotopic (exact) mass is 237 g/mol. The Morgan fingerprint density at radius 1 is 1.38 bits per heavy atom. The van der Waals surface area contributed by atoms with Gasteiger partial charge in [0, 0.05) is 10.5 Å². The van der Waals surface area contributed by atoms with Crippen molar-refractivity contribution in [2.24, 2.45) is 5.14 Å². The maximum Gasteiger partial charge on any atom is 0.339 e. The average Bonchev–Trinajstić information content (AvgIpc) is 2.27. The van der Waals surface area contributed by atoms with Crippen LogP contribution in [0.5, 0.6) is 5.75 Å². The minimum atomic E-state index is -1.22. The Morgan fingerprint density at radius 3 is 2.31 bits per heavy atom. The number of carboxylic acids is 1. The van der Waals surface area contributed by atoms with E-state index in [9.17, 15) is 9.90 Å². The molecule has 1 aromatic carbocycles. The zero-order valence-electron chi connectivity index (χ0n) is 8.43. The van der Waals surface area contributed by atoms with Crippen molar-refractivity contribution in [1.82, 2.24) is 0 Å². The summed E-state index contributed by atoms with van der Waals surface area (Å²) in [5, 5.41) is 24.1. The molecule has 0 heterocycles. The molecule has 1 aromatic rings. The predicted molar refractivity (Wildman–Crippen MR) is 65.3 cm³/mol. The molecular formula is C11H11NO3S.